The number of halogens is 1. The van der Waals surface area contributed by atoms with Crippen LogP contribution in [0, 0.1) is 13.8 Å². The van der Waals surface area contributed by atoms with E-state index < -0.39 is 0 Å². The van der Waals surface area contributed by atoms with Crippen molar-refractivity contribution in [2.24, 2.45) is 0 Å². The molecular formula is C22H17ClN2O2. The van der Waals surface area contributed by atoms with Gasteiger partial charge in [0.25, 0.3) is 5.91 Å². The van der Waals surface area contributed by atoms with Crippen molar-refractivity contribution in [1.82, 2.24) is 5.16 Å². The van der Waals surface area contributed by atoms with E-state index in [-0.39, 0.29) is 5.91 Å². The number of hydrogen-bond acceptors (Lipinski definition) is 3. The molecule has 1 aromatic heterocycles. The lowest BCUT2D eigenvalue weighted by molar-refractivity contribution is 0.102. The number of anilines is 1. The van der Waals surface area contributed by atoms with Crippen LogP contribution in [0.1, 0.15) is 21.5 Å². The lowest BCUT2D eigenvalue weighted by Gasteiger charge is -2.09. The van der Waals surface area contributed by atoms with E-state index in [1.807, 2.05) is 44.2 Å². The van der Waals surface area contributed by atoms with E-state index in [1.165, 1.54) is 0 Å². The second-order valence-electron chi connectivity index (χ2n) is 6.52. The minimum absolute atomic E-state index is 0.174. The van der Waals surface area contributed by atoms with Gasteiger partial charge in [0, 0.05) is 21.8 Å². The number of aryl methyl sites for hydroxylation is 2. The van der Waals surface area contributed by atoms with Crippen LogP contribution in [-0.4, -0.2) is 11.1 Å². The van der Waals surface area contributed by atoms with E-state index in [9.17, 15) is 4.79 Å². The van der Waals surface area contributed by atoms with Gasteiger partial charge >= 0.3 is 0 Å². The molecule has 0 aliphatic heterocycles. The number of nitrogens with one attached hydrogen (secondary N) is 1. The Labute approximate surface area is 161 Å². The molecule has 0 aliphatic carbocycles. The first-order valence-electron chi connectivity index (χ1n) is 8.55. The Morgan fingerprint density at radius 2 is 1.78 bits per heavy atom. The van der Waals surface area contributed by atoms with Crippen LogP contribution in [0.25, 0.3) is 22.2 Å². The molecule has 0 spiro atoms. The van der Waals surface area contributed by atoms with Gasteiger partial charge in [-0.3, -0.25) is 4.79 Å². The van der Waals surface area contributed by atoms with E-state index >= 15 is 0 Å². The average molecular weight is 377 g/mol. The number of carbonyl (C=O) groups excluding carboxylic acids is 1. The molecule has 0 saturated heterocycles. The maximum absolute atomic E-state index is 12.7. The summed E-state index contributed by atoms with van der Waals surface area (Å²) in [4.78, 5) is 12.7. The summed E-state index contributed by atoms with van der Waals surface area (Å²) in [5.41, 5.74) is 5.08. The molecule has 1 N–H and O–H groups in total. The van der Waals surface area contributed by atoms with E-state index in [0.29, 0.717) is 21.9 Å². The van der Waals surface area contributed by atoms with E-state index in [2.05, 4.69) is 10.5 Å². The van der Waals surface area contributed by atoms with Crippen molar-refractivity contribution in [3.05, 3.63) is 82.4 Å². The smallest absolute Gasteiger partial charge is 0.255 e. The number of rotatable bonds is 3. The van der Waals surface area contributed by atoms with Crippen molar-refractivity contribution >= 4 is 34.1 Å². The monoisotopic (exact) mass is 376 g/mol. The van der Waals surface area contributed by atoms with Crippen molar-refractivity contribution in [3.63, 3.8) is 0 Å². The van der Waals surface area contributed by atoms with Crippen LogP contribution in [0.3, 0.4) is 0 Å². The number of carbonyl (C=O) groups is 1. The number of hydrogen-bond donors (Lipinski definition) is 1. The van der Waals surface area contributed by atoms with Crippen LogP contribution in [-0.2, 0) is 0 Å². The number of benzene rings is 3. The molecular weight excluding hydrogens is 360 g/mol. The van der Waals surface area contributed by atoms with Crippen LogP contribution in [0.5, 0.6) is 0 Å². The molecule has 4 nitrogen and oxygen atoms in total. The fourth-order valence-electron chi connectivity index (χ4n) is 3.04. The van der Waals surface area contributed by atoms with Gasteiger partial charge in [-0.05, 0) is 67.9 Å². The predicted molar refractivity (Wildman–Crippen MR) is 108 cm³/mol. The summed E-state index contributed by atoms with van der Waals surface area (Å²) in [6.45, 7) is 4.00. The van der Waals surface area contributed by atoms with Crippen molar-refractivity contribution in [2.75, 3.05) is 5.32 Å². The first-order valence-corrected chi connectivity index (χ1v) is 8.93. The minimum atomic E-state index is -0.174. The molecule has 4 aromatic rings. The van der Waals surface area contributed by atoms with Crippen LogP contribution in [0.15, 0.2) is 65.2 Å². The highest BCUT2D eigenvalue weighted by atomic mass is 35.5. The van der Waals surface area contributed by atoms with Gasteiger partial charge in [0.05, 0.1) is 5.39 Å². The first kappa shape index (κ1) is 17.3. The molecule has 0 unspecified atom stereocenters. The summed E-state index contributed by atoms with van der Waals surface area (Å²) < 4.78 is 5.50. The Kier molecular flexibility index (Phi) is 4.42. The van der Waals surface area contributed by atoms with Crippen molar-refractivity contribution in [1.29, 1.82) is 0 Å². The van der Waals surface area contributed by atoms with Gasteiger partial charge < -0.3 is 9.84 Å². The predicted octanol–water partition coefficient (Wildman–Crippen LogP) is 6.02. The van der Waals surface area contributed by atoms with Crippen molar-refractivity contribution in [2.45, 2.75) is 13.8 Å². The number of amides is 1. The second kappa shape index (κ2) is 6.89. The standard InChI is InChI=1S/C22H17ClN2O2/c1-13-3-9-19(14(2)11-13)24-22(26)16-6-10-20-18(12-16)21(27-25-20)15-4-7-17(23)8-5-15/h3-12H,1-2H3,(H,24,26). The van der Waals surface area contributed by atoms with Crippen molar-refractivity contribution < 1.29 is 9.32 Å². The maximum atomic E-state index is 12.7. The minimum Gasteiger partial charge on any atom is -0.355 e. The molecule has 5 heteroatoms. The van der Waals surface area contributed by atoms with Gasteiger partial charge in [-0.15, -0.1) is 0 Å². The number of nitrogens with zero attached hydrogens (tertiary/aromatic N) is 1. The Hall–Kier alpha value is -3.11. The van der Waals surface area contributed by atoms with Gasteiger partial charge in [-0.25, -0.2) is 0 Å². The third-order valence-corrected chi connectivity index (χ3v) is 4.73. The molecule has 27 heavy (non-hydrogen) atoms. The summed E-state index contributed by atoms with van der Waals surface area (Å²) in [7, 11) is 0. The fourth-order valence-corrected chi connectivity index (χ4v) is 3.17. The molecule has 0 bridgehead atoms. The molecule has 4 rings (SSSR count). The number of fused-ring (bicyclic) bond motifs is 1. The fraction of sp³-hybridized carbons (Fsp3) is 0.0909. The topological polar surface area (TPSA) is 55.1 Å². The Morgan fingerprint density at radius 1 is 1.00 bits per heavy atom. The SMILES string of the molecule is Cc1ccc(NC(=O)c2ccc3noc(-c4ccc(Cl)cc4)c3c2)c(C)c1. The normalized spacial score (nSPS) is 10.9. The van der Waals surface area contributed by atoms with Crippen molar-refractivity contribution in [3.8, 4) is 11.3 Å². The van der Waals surface area contributed by atoms with Crippen LogP contribution in [0.4, 0.5) is 5.69 Å². The third kappa shape index (κ3) is 3.44. The number of aromatic nitrogens is 1. The molecule has 3 aromatic carbocycles. The zero-order valence-electron chi connectivity index (χ0n) is 14.9. The van der Waals surface area contributed by atoms with Gasteiger partial charge in [0.2, 0.25) is 0 Å². The summed E-state index contributed by atoms with van der Waals surface area (Å²) in [5.74, 6) is 0.440. The zero-order valence-corrected chi connectivity index (χ0v) is 15.7. The Bertz CT molecular complexity index is 1150. The summed E-state index contributed by atoms with van der Waals surface area (Å²) in [5, 5.41) is 8.49. The Morgan fingerprint density at radius 3 is 2.52 bits per heavy atom. The van der Waals surface area contributed by atoms with Gasteiger partial charge in [0.15, 0.2) is 5.76 Å². The lowest BCUT2D eigenvalue weighted by atomic mass is 10.1. The second-order valence-corrected chi connectivity index (χ2v) is 6.96. The van der Waals surface area contributed by atoms with Crippen LogP contribution >= 0.6 is 11.6 Å². The van der Waals surface area contributed by atoms with Crippen LogP contribution in [0.2, 0.25) is 5.02 Å². The summed E-state index contributed by atoms with van der Waals surface area (Å²) in [6, 6.07) is 18.6. The Balaban J connectivity index is 1.69. The lowest BCUT2D eigenvalue weighted by Crippen LogP contribution is -2.12. The van der Waals surface area contributed by atoms with E-state index in [1.54, 1.807) is 30.3 Å². The average Bonchev–Trinajstić information content (AvgIpc) is 3.08. The zero-order chi connectivity index (χ0) is 19.0. The highest BCUT2D eigenvalue weighted by molar-refractivity contribution is 6.30. The van der Waals surface area contributed by atoms with E-state index in [4.69, 9.17) is 16.1 Å². The molecule has 0 radical (unpaired) electrons. The highest BCUT2D eigenvalue weighted by Crippen LogP contribution is 2.30. The third-order valence-electron chi connectivity index (χ3n) is 4.48. The molecule has 0 saturated carbocycles. The summed E-state index contributed by atoms with van der Waals surface area (Å²) in [6.07, 6.45) is 0. The molecule has 1 heterocycles. The van der Waals surface area contributed by atoms with Gasteiger partial charge in [-0.2, -0.15) is 0 Å². The van der Waals surface area contributed by atoms with E-state index in [0.717, 1.165) is 27.8 Å². The summed E-state index contributed by atoms with van der Waals surface area (Å²) >= 11 is 5.96. The molecule has 1 amide bonds. The van der Waals surface area contributed by atoms with Gasteiger partial charge in [0.1, 0.15) is 5.52 Å². The van der Waals surface area contributed by atoms with Gasteiger partial charge in [-0.1, -0.05) is 34.5 Å². The molecule has 134 valence electrons. The molecule has 0 atom stereocenters. The van der Waals surface area contributed by atoms with Crippen LogP contribution < -0.4 is 5.32 Å². The highest BCUT2D eigenvalue weighted by Gasteiger charge is 2.15. The maximum Gasteiger partial charge on any atom is 0.255 e. The quantitative estimate of drug-likeness (QED) is 0.475. The first-order chi connectivity index (χ1) is 13.0. The largest absolute Gasteiger partial charge is 0.355 e. The molecule has 0 aliphatic rings. The molecule has 0 fully saturated rings.